The topological polar surface area (TPSA) is 114 Å². The zero-order valence-electron chi connectivity index (χ0n) is 12.5. The van der Waals surface area contributed by atoms with Crippen LogP contribution in [0, 0.1) is 0 Å². The molecule has 124 valence electrons. The van der Waals surface area contributed by atoms with Crippen molar-refractivity contribution in [2.75, 3.05) is 0 Å². The smallest absolute Gasteiger partial charge is 0.336 e. The van der Waals surface area contributed by atoms with E-state index in [-0.39, 0.29) is 16.9 Å². The van der Waals surface area contributed by atoms with E-state index in [1.54, 1.807) is 0 Å². The largest absolute Gasteiger partial charge is 0.480 e. The van der Waals surface area contributed by atoms with Crippen molar-refractivity contribution in [3.8, 4) is 0 Å². The average molecular weight is 339 g/mol. The Kier molecular flexibility index (Phi) is 5.17. The van der Waals surface area contributed by atoms with Gasteiger partial charge in [-0.05, 0) is 30.7 Å². The Hall–Kier alpha value is -2.19. The molecule has 1 atom stereocenters. The molecule has 0 bridgehead atoms. The fraction of sp³-hybridized carbons (Fsp3) is 0.333. The molecule has 8 heteroatoms. The van der Waals surface area contributed by atoms with Crippen LogP contribution in [0.2, 0.25) is 0 Å². The number of benzene rings is 1. The summed E-state index contributed by atoms with van der Waals surface area (Å²) in [6.07, 6.45) is 1.58. The van der Waals surface area contributed by atoms with Gasteiger partial charge in [0, 0.05) is 11.5 Å². The summed E-state index contributed by atoms with van der Waals surface area (Å²) in [4.78, 5) is 22.2. The van der Waals surface area contributed by atoms with E-state index in [2.05, 4.69) is 4.72 Å². The zero-order valence-corrected chi connectivity index (χ0v) is 13.3. The molecule has 1 aromatic carbocycles. The molecule has 0 spiro atoms. The molecule has 1 heterocycles. The molecule has 0 aliphatic carbocycles. The summed E-state index contributed by atoms with van der Waals surface area (Å²) in [6, 6.07) is 5.43. The van der Waals surface area contributed by atoms with Crippen molar-refractivity contribution in [2.24, 2.45) is 0 Å². The first kappa shape index (κ1) is 17.2. The molecule has 0 amide bonds. The molecule has 2 aromatic rings. The van der Waals surface area contributed by atoms with Crippen molar-refractivity contribution in [3.05, 3.63) is 40.8 Å². The number of hydrogen-bond donors (Lipinski definition) is 2. The van der Waals surface area contributed by atoms with E-state index >= 15 is 0 Å². The molecule has 2 rings (SSSR count). The lowest BCUT2D eigenvalue weighted by Crippen LogP contribution is -2.40. The summed E-state index contributed by atoms with van der Waals surface area (Å²) in [5.74, 6) is -1.21. The highest BCUT2D eigenvalue weighted by molar-refractivity contribution is 7.89. The molecule has 0 aliphatic heterocycles. The Balaban J connectivity index is 2.32. The molecule has 0 unspecified atom stereocenters. The SMILES string of the molecule is CCCC[C@H](NS(=O)(=O)c1ccc2oc(=O)ccc2c1)C(=O)O. The monoisotopic (exact) mass is 339 g/mol. The van der Waals surface area contributed by atoms with Crippen molar-refractivity contribution < 1.29 is 22.7 Å². The van der Waals surface area contributed by atoms with Crippen molar-refractivity contribution in [1.29, 1.82) is 0 Å². The van der Waals surface area contributed by atoms with Gasteiger partial charge in [-0.2, -0.15) is 4.72 Å². The number of aliphatic carboxylic acids is 1. The van der Waals surface area contributed by atoms with Crippen LogP contribution in [0.25, 0.3) is 11.0 Å². The maximum Gasteiger partial charge on any atom is 0.336 e. The number of carboxylic acids is 1. The molecule has 0 aliphatic rings. The van der Waals surface area contributed by atoms with Crippen molar-refractivity contribution in [2.45, 2.75) is 37.1 Å². The quantitative estimate of drug-likeness (QED) is 0.742. The minimum absolute atomic E-state index is 0.0819. The zero-order chi connectivity index (χ0) is 17.0. The van der Waals surface area contributed by atoms with Gasteiger partial charge in [0.1, 0.15) is 11.6 Å². The van der Waals surface area contributed by atoms with E-state index in [4.69, 9.17) is 9.52 Å². The molecule has 0 saturated carbocycles. The lowest BCUT2D eigenvalue weighted by atomic mass is 10.1. The molecule has 1 aromatic heterocycles. The number of hydrogen-bond acceptors (Lipinski definition) is 5. The Labute approximate surface area is 133 Å². The average Bonchev–Trinajstić information content (AvgIpc) is 2.50. The van der Waals surface area contributed by atoms with E-state index in [1.807, 2.05) is 6.92 Å². The van der Waals surface area contributed by atoms with Gasteiger partial charge in [-0.1, -0.05) is 19.8 Å². The first-order valence-electron chi connectivity index (χ1n) is 7.12. The van der Waals surface area contributed by atoms with Gasteiger partial charge in [-0.25, -0.2) is 13.2 Å². The number of carbonyl (C=O) groups is 1. The third kappa shape index (κ3) is 4.17. The standard InChI is InChI=1S/C15H17NO6S/c1-2-3-4-12(15(18)19)16-23(20,21)11-6-7-13-10(9-11)5-8-14(17)22-13/h5-9,12,16H,2-4H2,1H3,(H,18,19)/t12-/m0/s1. The predicted molar refractivity (Wildman–Crippen MR) is 83.8 cm³/mol. The molecule has 23 heavy (non-hydrogen) atoms. The summed E-state index contributed by atoms with van der Waals surface area (Å²) in [5.41, 5.74) is -0.269. The summed E-state index contributed by atoms with van der Waals surface area (Å²) in [5, 5.41) is 9.57. The van der Waals surface area contributed by atoms with E-state index in [9.17, 15) is 18.0 Å². The van der Waals surface area contributed by atoms with Crippen LogP contribution >= 0.6 is 0 Å². The number of carboxylic acid groups (broad SMARTS) is 1. The first-order chi connectivity index (χ1) is 10.8. The summed E-state index contributed by atoms with van der Waals surface area (Å²) >= 11 is 0. The van der Waals surface area contributed by atoms with E-state index in [0.717, 1.165) is 6.42 Å². The van der Waals surface area contributed by atoms with Gasteiger partial charge in [0.2, 0.25) is 10.0 Å². The van der Waals surface area contributed by atoms with Gasteiger partial charge < -0.3 is 9.52 Å². The van der Waals surface area contributed by atoms with Crippen LogP contribution in [0.15, 0.2) is 44.4 Å². The summed E-state index contributed by atoms with van der Waals surface area (Å²) in [7, 11) is -3.99. The third-order valence-corrected chi connectivity index (χ3v) is 4.81. The van der Waals surface area contributed by atoms with E-state index in [1.165, 1.54) is 30.3 Å². The third-order valence-electron chi connectivity index (χ3n) is 3.34. The van der Waals surface area contributed by atoms with Gasteiger partial charge in [0.25, 0.3) is 0 Å². The van der Waals surface area contributed by atoms with E-state index in [0.29, 0.717) is 11.8 Å². The predicted octanol–water partition coefficient (Wildman–Crippen LogP) is 1.71. The molecule has 2 N–H and O–H groups in total. The normalized spacial score (nSPS) is 13.1. The first-order valence-corrected chi connectivity index (χ1v) is 8.61. The van der Waals surface area contributed by atoms with Gasteiger partial charge in [-0.3, -0.25) is 4.79 Å². The Morgan fingerprint density at radius 3 is 2.70 bits per heavy atom. The highest BCUT2D eigenvalue weighted by atomic mass is 32.2. The lowest BCUT2D eigenvalue weighted by Gasteiger charge is -2.14. The van der Waals surface area contributed by atoms with E-state index < -0.39 is 27.7 Å². The number of sulfonamides is 1. The van der Waals surface area contributed by atoms with Crippen LogP contribution in [0.3, 0.4) is 0 Å². The fourth-order valence-electron chi connectivity index (χ4n) is 2.11. The molecule has 7 nitrogen and oxygen atoms in total. The number of unbranched alkanes of at least 4 members (excludes halogenated alkanes) is 1. The minimum Gasteiger partial charge on any atom is -0.480 e. The molecular formula is C15H17NO6S. The second-order valence-corrected chi connectivity index (χ2v) is 6.82. The van der Waals surface area contributed by atoms with Crippen LogP contribution in [0.5, 0.6) is 0 Å². The second kappa shape index (κ2) is 6.93. The number of fused-ring (bicyclic) bond motifs is 1. The van der Waals surface area contributed by atoms with Crippen LogP contribution in [-0.2, 0) is 14.8 Å². The molecule has 0 saturated heterocycles. The minimum atomic E-state index is -3.99. The summed E-state index contributed by atoms with van der Waals surface area (Å²) < 4.78 is 31.8. The van der Waals surface area contributed by atoms with Crippen molar-refractivity contribution >= 4 is 27.0 Å². The van der Waals surface area contributed by atoms with Crippen LogP contribution in [0.4, 0.5) is 0 Å². The lowest BCUT2D eigenvalue weighted by molar-refractivity contribution is -0.139. The van der Waals surface area contributed by atoms with Gasteiger partial charge in [0.05, 0.1) is 4.90 Å². The Morgan fingerprint density at radius 2 is 2.04 bits per heavy atom. The highest BCUT2D eigenvalue weighted by Crippen LogP contribution is 2.18. The number of nitrogens with one attached hydrogen (secondary N) is 1. The Morgan fingerprint density at radius 1 is 1.30 bits per heavy atom. The second-order valence-electron chi connectivity index (χ2n) is 5.11. The van der Waals surface area contributed by atoms with Crippen molar-refractivity contribution in [3.63, 3.8) is 0 Å². The van der Waals surface area contributed by atoms with Crippen molar-refractivity contribution in [1.82, 2.24) is 4.72 Å². The summed E-state index contributed by atoms with van der Waals surface area (Å²) in [6.45, 7) is 1.89. The highest BCUT2D eigenvalue weighted by Gasteiger charge is 2.25. The maximum atomic E-state index is 12.4. The molecular weight excluding hydrogens is 322 g/mol. The van der Waals surface area contributed by atoms with Crippen LogP contribution < -0.4 is 10.3 Å². The van der Waals surface area contributed by atoms with Gasteiger partial charge in [0.15, 0.2) is 0 Å². The Bertz CT molecular complexity index is 871. The molecule has 0 fully saturated rings. The maximum absolute atomic E-state index is 12.4. The van der Waals surface area contributed by atoms with Crippen LogP contribution in [0.1, 0.15) is 26.2 Å². The molecule has 0 radical (unpaired) electrons. The van der Waals surface area contributed by atoms with Crippen LogP contribution in [-0.4, -0.2) is 25.5 Å². The fourth-order valence-corrected chi connectivity index (χ4v) is 3.37. The van der Waals surface area contributed by atoms with Gasteiger partial charge >= 0.3 is 11.6 Å². The van der Waals surface area contributed by atoms with Gasteiger partial charge in [-0.15, -0.1) is 0 Å². The number of rotatable bonds is 7.